The van der Waals surface area contributed by atoms with E-state index in [1.807, 2.05) is 0 Å². The number of hydrogen-bond acceptors (Lipinski definition) is 3. The van der Waals surface area contributed by atoms with Crippen molar-refractivity contribution in [2.24, 2.45) is 0 Å². The van der Waals surface area contributed by atoms with Crippen molar-refractivity contribution in [1.82, 2.24) is 5.32 Å². The van der Waals surface area contributed by atoms with E-state index in [4.69, 9.17) is 23.2 Å². The van der Waals surface area contributed by atoms with Crippen LogP contribution in [0, 0.1) is 6.92 Å². The number of anilines is 1. The highest BCUT2D eigenvalue weighted by Gasteiger charge is 2.20. The molecule has 0 heterocycles. The van der Waals surface area contributed by atoms with E-state index in [1.54, 1.807) is 6.92 Å². The summed E-state index contributed by atoms with van der Waals surface area (Å²) >= 11 is 16.0. The molecule has 0 unspecified atom stereocenters. The van der Waals surface area contributed by atoms with Gasteiger partial charge in [-0.05, 0) is 25.0 Å². The average molecular weight is 337 g/mol. The number of unbranched alkanes of at least 4 members (excludes halogenated alkanes) is 2. The summed E-state index contributed by atoms with van der Waals surface area (Å²) in [5.74, 6) is -0.215. The van der Waals surface area contributed by atoms with E-state index in [2.05, 4.69) is 25.1 Å². The number of amides is 2. The zero-order chi connectivity index (χ0) is 15.3. The van der Waals surface area contributed by atoms with Crippen molar-refractivity contribution in [2.45, 2.75) is 33.1 Å². The number of carbonyl (C=O) groups excluding carboxylic acids is 1. The molecule has 1 aromatic carbocycles. The Morgan fingerprint density at radius 3 is 2.70 bits per heavy atom. The van der Waals surface area contributed by atoms with Crippen molar-refractivity contribution < 1.29 is 9.90 Å². The molecule has 2 amide bonds. The number of carbonyl (C=O) groups is 1. The van der Waals surface area contributed by atoms with E-state index in [-0.39, 0.29) is 16.5 Å². The van der Waals surface area contributed by atoms with Gasteiger partial charge in [0.2, 0.25) is 0 Å². The maximum absolute atomic E-state index is 11.9. The molecule has 0 radical (unpaired) electrons. The number of phenolic OH excluding ortho intramolecular Hbond substituents is 1. The average Bonchev–Trinajstić information content (AvgIpc) is 2.44. The van der Waals surface area contributed by atoms with Gasteiger partial charge in [0.05, 0.1) is 5.02 Å². The molecule has 0 aromatic heterocycles. The molecule has 1 aromatic rings. The Labute approximate surface area is 134 Å². The Morgan fingerprint density at radius 2 is 2.10 bits per heavy atom. The summed E-state index contributed by atoms with van der Waals surface area (Å²) in [6.07, 6.45) is 3.01. The standard InChI is InChI=1S/C13H18Cl2N2O2S/c1-3-4-5-6-16-13(19)17(20)10-7-9(14)8(2)11(15)12(10)18/h7,18,20H,3-6H2,1-2H3,(H,16,19). The second kappa shape index (κ2) is 7.86. The largest absolute Gasteiger partial charge is 0.504 e. The SMILES string of the molecule is CCCCCNC(=O)N(S)c1cc(Cl)c(C)c(Cl)c1O. The van der Waals surface area contributed by atoms with Crippen molar-refractivity contribution >= 4 is 47.7 Å². The number of phenols is 1. The van der Waals surface area contributed by atoms with Crippen molar-refractivity contribution in [3.8, 4) is 5.75 Å². The van der Waals surface area contributed by atoms with Gasteiger partial charge in [-0.15, -0.1) is 0 Å². The number of hydrogen-bond donors (Lipinski definition) is 3. The first kappa shape index (κ1) is 17.3. The summed E-state index contributed by atoms with van der Waals surface area (Å²) in [6.45, 7) is 4.32. The summed E-state index contributed by atoms with van der Waals surface area (Å²) in [5.41, 5.74) is 0.710. The lowest BCUT2D eigenvalue weighted by atomic mass is 10.2. The van der Waals surface area contributed by atoms with Crippen molar-refractivity contribution in [3.05, 3.63) is 21.7 Å². The molecule has 0 spiro atoms. The van der Waals surface area contributed by atoms with E-state index in [9.17, 15) is 9.90 Å². The number of halogens is 2. The molecule has 1 rings (SSSR count). The highest BCUT2D eigenvalue weighted by Crippen LogP contribution is 2.41. The quantitative estimate of drug-likeness (QED) is 0.545. The maximum atomic E-state index is 11.9. The summed E-state index contributed by atoms with van der Waals surface area (Å²) in [6, 6.07) is 1.02. The van der Waals surface area contributed by atoms with Gasteiger partial charge in [-0.3, -0.25) is 0 Å². The van der Waals surface area contributed by atoms with Crippen molar-refractivity contribution in [2.75, 3.05) is 10.8 Å². The summed E-state index contributed by atoms with van der Waals surface area (Å²) in [7, 11) is 0. The molecule has 4 nitrogen and oxygen atoms in total. The monoisotopic (exact) mass is 336 g/mol. The smallest absolute Gasteiger partial charge is 0.332 e. The highest BCUT2D eigenvalue weighted by molar-refractivity contribution is 7.82. The van der Waals surface area contributed by atoms with Gasteiger partial charge in [-0.1, -0.05) is 55.8 Å². The van der Waals surface area contributed by atoms with Gasteiger partial charge >= 0.3 is 6.03 Å². The number of benzene rings is 1. The van der Waals surface area contributed by atoms with Gasteiger partial charge in [-0.25, -0.2) is 9.10 Å². The van der Waals surface area contributed by atoms with E-state index in [0.717, 1.165) is 23.6 Å². The first-order valence-electron chi connectivity index (χ1n) is 6.34. The Kier molecular flexibility index (Phi) is 6.79. The third-order valence-electron chi connectivity index (χ3n) is 2.88. The molecule has 0 aliphatic carbocycles. The fraction of sp³-hybridized carbons (Fsp3) is 0.462. The number of urea groups is 1. The van der Waals surface area contributed by atoms with Gasteiger partial charge in [0.25, 0.3) is 0 Å². The van der Waals surface area contributed by atoms with Crippen LogP contribution in [0.2, 0.25) is 10.0 Å². The first-order chi connectivity index (χ1) is 9.40. The molecule has 7 heteroatoms. The van der Waals surface area contributed by atoms with Crippen LogP contribution in [0.15, 0.2) is 6.07 Å². The van der Waals surface area contributed by atoms with Gasteiger partial charge in [0, 0.05) is 11.6 Å². The molecule has 0 saturated heterocycles. The van der Waals surface area contributed by atoms with E-state index in [0.29, 0.717) is 17.1 Å². The van der Waals surface area contributed by atoms with Crippen LogP contribution in [0.4, 0.5) is 10.5 Å². The molecular formula is C13H18Cl2N2O2S. The number of aromatic hydroxyl groups is 1. The molecule has 0 fully saturated rings. The molecule has 20 heavy (non-hydrogen) atoms. The Morgan fingerprint density at radius 1 is 1.45 bits per heavy atom. The third-order valence-corrected chi connectivity index (χ3v) is 4.13. The zero-order valence-electron chi connectivity index (χ0n) is 11.4. The minimum atomic E-state index is -0.435. The van der Waals surface area contributed by atoms with Crippen molar-refractivity contribution in [1.29, 1.82) is 0 Å². The van der Waals surface area contributed by atoms with Crippen LogP contribution in [0.5, 0.6) is 5.75 Å². The van der Waals surface area contributed by atoms with Crippen LogP contribution >= 0.6 is 36.0 Å². The lowest BCUT2D eigenvalue weighted by Gasteiger charge is -2.19. The minimum absolute atomic E-state index is 0.116. The molecule has 2 N–H and O–H groups in total. The van der Waals surface area contributed by atoms with Gasteiger partial charge < -0.3 is 10.4 Å². The predicted molar refractivity (Wildman–Crippen MR) is 87.3 cm³/mol. The summed E-state index contributed by atoms with van der Waals surface area (Å²) in [5, 5.41) is 13.2. The van der Waals surface area contributed by atoms with Crippen molar-refractivity contribution in [3.63, 3.8) is 0 Å². The molecular weight excluding hydrogens is 319 g/mol. The van der Waals surface area contributed by atoms with E-state index < -0.39 is 6.03 Å². The van der Waals surface area contributed by atoms with Crippen LogP contribution in [0.3, 0.4) is 0 Å². The van der Waals surface area contributed by atoms with Gasteiger partial charge in [0.15, 0.2) is 5.75 Å². The molecule has 0 saturated carbocycles. The van der Waals surface area contributed by atoms with Gasteiger partial charge in [-0.2, -0.15) is 0 Å². The second-order valence-electron chi connectivity index (χ2n) is 4.42. The molecule has 0 bridgehead atoms. The van der Waals surface area contributed by atoms with E-state index >= 15 is 0 Å². The topological polar surface area (TPSA) is 52.6 Å². The van der Waals surface area contributed by atoms with Crippen LogP contribution < -0.4 is 9.62 Å². The lowest BCUT2D eigenvalue weighted by molar-refractivity contribution is 0.249. The Bertz CT molecular complexity index is 498. The zero-order valence-corrected chi connectivity index (χ0v) is 13.8. The van der Waals surface area contributed by atoms with Crippen LogP contribution in [0.25, 0.3) is 0 Å². The fourth-order valence-electron chi connectivity index (χ4n) is 1.61. The lowest BCUT2D eigenvalue weighted by Crippen LogP contribution is -2.34. The fourth-order valence-corrected chi connectivity index (χ4v) is 2.28. The Balaban J connectivity index is 2.82. The van der Waals surface area contributed by atoms with E-state index in [1.165, 1.54) is 6.07 Å². The molecule has 112 valence electrons. The van der Waals surface area contributed by atoms with Crippen LogP contribution in [0.1, 0.15) is 31.7 Å². The van der Waals surface area contributed by atoms with Crippen LogP contribution in [-0.4, -0.2) is 17.7 Å². The highest BCUT2D eigenvalue weighted by atomic mass is 35.5. The second-order valence-corrected chi connectivity index (χ2v) is 5.60. The number of rotatable bonds is 5. The number of nitrogens with one attached hydrogen (secondary N) is 1. The van der Waals surface area contributed by atoms with Gasteiger partial charge in [0.1, 0.15) is 5.69 Å². The molecule has 0 aliphatic rings. The normalized spacial score (nSPS) is 10.4. The van der Waals surface area contributed by atoms with Crippen LogP contribution in [-0.2, 0) is 0 Å². The molecule has 0 aliphatic heterocycles. The summed E-state index contributed by atoms with van der Waals surface area (Å²) < 4.78 is 0.998. The Hall–Kier alpha value is -0.780. The number of nitrogens with zero attached hydrogens (tertiary/aromatic N) is 1. The maximum Gasteiger partial charge on any atom is 0.332 e. The summed E-state index contributed by atoms with van der Waals surface area (Å²) in [4.78, 5) is 11.9. The number of thiol groups is 1. The first-order valence-corrected chi connectivity index (χ1v) is 7.50. The minimum Gasteiger partial charge on any atom is -0.504 e. The third kappa shape index (κ3) is 4.11. The molecule has 0 atom stereocenters. The predicted octanol–water partition coefficient (Wildman–Crippen LogP) is 4.56.